The zero-order valence-electron chi connectivity index (χ0n) is 9.07. The van der Waals surface area contributed by atoms with E-state index in [0.29, 0.717) is 5.11 Å². The van der Waals surface area contributed by atoms with E-state index in [0.717, 1.165) is 31.9 Å². The SMILES string of the molecule is NC(=S)Nc1ccc(N2CCNCC2)cc1. The van der Waals surface area contributed by atoms with Crippen LogP contribution in [-0.2, 0) is 0 Å². The van der Waals surface area contributed by atoms with Gasteiger partial charge in [-0.05, 0) is 36.5 Å². The molecule has 1 aromatic rings. The maximum Gasteiger partial charge on any atom is 0.168 e. The molecule has 0 spiro atoms. The highest BCUT2D eigenvalue weighted by Gasteiger charge is 2.09. The highest BCUT2D eigenvalue weighted by molar-refractivity contribution is 7.80. The van der Waals surface area contributed by atoms with Crippen molar-refractivity contribution >= 4 is 28.7 Å². The van der Waals surface area contributed by atoms with Crippen molar-refractivity contribution in [3.63, 3.8) is 0 Å². The molecule has 0 radical (unpaired) electrons. The summed E-state index contributed by atoms with van der Waals surface area (Å²) in [5.74, 6) is 0. The van der Waals surface area contributed by atoms with E-state index in [1.165, 1.54) is 5.69 Å². The van der Waals surface area contributed by atoms with Crippen LogP contribution in [0, 0.1) is 0 Å². The molecule has 1 saturated heterocycles. The average Bonchev–Trinajstić information content (AvgIpc) is 2.30. The van der Waals surface area contributed by atoms with Gasteiger partial charge in [-0.2, -0.15) is 0 Å². The molecule has 0 bridgehead atoms. The van der Waals surface area contributed by atoms with Gasteiger partial charge >= 0.3 is 0 Å². The lowest BCUT2D eigenvalue weighted by molar-refractivity contribution is 0.589. The fourth-order valence-electron chi connectivity index (χ4n) is 1.82. The summed E-state index contributed by atoms with van der Waals surface area (Å²) in [6.45, 7) is 4.21. The van der Waals surface area contributed by atoms with Crippen molar-refractivity contribution in [1.29, 1.82) is 0 Å². The van der Waals surface area contributed by atoms with Gasteiger partial charge in [-0.15, -0.1) is 0 Å². The summed E-state index contributed by atoms with van der Waals surface area (Å²) < 4.78 is 0. The first-order valence-corrected chi connectivity index (χ1v) is 5.79. The van der Waals surface area contributed by atoms with Crippen LogP contribution in [0.2, 0.25) is 0 Å². The van der Waals surface area contributed by atoms with Crippen LogP contribution in [0.25, 0.3) is 0 Å². The molecule has 4 nitrogen and oxygen atoms in total. The second-order valence-electron chi connectivity index (χ2n) is 3.77. The minimum absolute atomic E-state index is 0.301. The molecule has 1 heterocycles. The number of hydrogen-bond acceptors (Lipinski definition) is 3. The van der Waals surface area contributed by atoms with E-state index < -0.39 is 0 Å². The predicted molar refractivity (Wildman–Crippen MR) is 71.9 cm³/mol. The van der Waals surface area contributed by atoms with Gasteiger partial charge in [-0.25, -0.2) is 0 Å². The summed E-state index contributed by atoms with van der Waals surface area (Å²) in [4.78, 5) is 2.36. The van der Waals surface area contributed by atoms with E-state index in [-0.39, 0.29) is 0 Å². The van der Waals surface area contributed by atoms with Crippen molar-refractivity contribution in [2.75, 3.05) is 36.4 Å². The molecular weight excluding hydrogens is 220 g/mol. The number of rotatable bonds is 2. The van der Waals surface area contributed by atoms with Crippen molar-refractivity contribution in [2.24, 2.45) is 5.73 Å². The van der Waals surface area contributed by atoms with Crippen molar-refractivity contribution < 1.29 is 0 Å². The topological polar surface area (TPSA) is 53.3 Å². The molecule has 0 amide bonds. The first-order chi connectivity index (χ1) is 7.75. The fourth-order valence-corrected chi connectivity index (χ4v) is 1.94. The first-order valence-electron chi connectivity index (χ1n) is 5.38. The zero-order chi connectivity index (χ0) is 11.4. The Hall–Kier alpha value is -1.33. The Bertz CT molecular complexity index is 357. The monoisotopic (exact) mass is 236 g/mol. The molecule has 1 fully saturated rings. The molecule has 0 aromatic heterocycles. The van der Waals surface area contributed by atoms with Crippen LogP contribution in [0.1, 0.15) is 0 Å². The Morgan fingerprint density at radius 3 is 2.44 bits per heavy atom. The molecule has 86 valence electrons. The molecule has 1 aliphatic heterocycles. The third-order valence-electron chi connectivity index (χ3n) is 2.62. The van der Waals surface area contributed by atoms with Crippen molar-refractivity contribution in [3.05, 3.63) is 24.3 Å². The van der Waals surface area contributed by atoms with Crippen molar-refractivity contribution in [3.8, 4) is 0 Å². The summed E-state index contributed by atoms with van der Waals surface area (Å²) in [6, 6.07) is 8.17. The molecule has 16 heavy (non-hydrogen) atoms. The lowest BCUT2D eigenvalue weighted by Gasteiger charge is -2.29. The number of nitrogens with zero attached hydrogens (tertiary/aromatic N) is 1. The van der Waals surface area contributed by atoms with Crippen LogP contribution in [0.15, 0.2) is 24.3 Å². The Morgan fingerprint density at radius 2 is 1.88 bits per heavy atom. The molecule has 0 saturated carbocycles. The van der Waals surface area contributed by atoms with Crippen LogP contribution in [0.5, 0.6) is 0 Å². The number of benzene rings is 1. The molecule has 1 aliphatic rings. The van der Waals surface area contributed by atoms with Crippen LogP contribution in [0.3, 0.4) is 0 Å². The van der Waals surface area contributed by atoms with Crippen molar-refractivity contribution in [2.45, 2.75) is 0 Å². The van der Waals surface area contributed by atoms with Gasteiger partial charge in [0.25, 0.3) is 0 Å². The Kier molecular flexibility index (Phi) is 3.58. The van der Waals surface area contributed by atoms with Crippen molar-refractivity contribution in [1.82, 2.24) is 5.32 Å². The second-order valence-corrected chi connectivity index (χ2v) is 4.21. The molecule has 2 rings (SSSR count). The summed E-state index contributed by atoms with van der Waals surface area (Å²) >= 11 is 4.78. The standard InChI is InChI=1S/C11H16N4S/c12-11(16)14-9-1-3-10(4-2-9)15-7-5-13-6-8-15/h1-4,13H,5-8H2,(H3,12,14,16). The second kappa shape index (κ2) is 5.14. The third kappa shape index (κ3) is 2.84. The van der Waals surface area contributed by atoms with Gasteiger partial charge in [0.15, 0.2) is 5.11 Å². The van der Waals surface area contributed by atoms with Gasteiger partial charge in [-0.3, -0.25) is 0 Å². The maximum atomic E-state index is 5.41. The lowest BCUT2D eigenvalue weighted by atomic mass is 10.2. The molecule has 0 aliphatic carbocycles. The zero-order valence-corrected chi connectivity index (χ0v) is 9.89. The fraction of sp³-hybridized carbons (Fsp3) is 0.364. The number of anilines is 2. The molecule has 5 heteroatoms. The van der Waals surface area contributed by atoms with Gasteiger partial charge in [-0.1, -0.05) is 0 Å². The molecule has 0 atom stereocenters. The van der Waals surface area contributed by atoms with E-state index in [2.05, 4.69) is 27.7 Å². The lowest BCUT2D eigenvalue weighted by Crippen LogP contribution is -2.43. The highest BCUT2D eigenvalue weighted by Crippen LogP contribution is 2.18. The molecule has 0 unspecified atom stereocenters. The quantitative estimate of drug-likeness (QED) is 0.662. The predicted octanol–water partition coefficient (Wildman–Crippen LogP) is 0.752. The van der Waals surface area contributed by atoms with E-state index in [9.17, 15) is 0 Å². The third-order valence-corrected chi connectivity index (χ3v) is 2.72. The van der Waals surface area contributed by atoms with E-state index in [1.54, 1.807) is 0 Å². The van der Waals surface area contributed by atoms with Gasteiger partial charge in [0.2, 0.25) is 0 Å². The van der Waals surface area contributed by atoms with E-state index >= 15 is 0 Å². The van der Waals surface area contributed by atoms with Crippen LogP contribution >= 0.6 is 12.2 Å². The number of nitrogens with one attached hydrogen (secondary N) is 2. The van der Waals surface area contributed by atoms with Gasteiger partial charge in [0.05, 0.1) is 0 Å². The highest BCUT2D eigenvalue weighted by atomic mass is 32.1. The smallest absolute Gasteiger partial charge is 0.168 e. The minimum atomic E-state index is 0.301. The van der Waals surface area contributed by atoms with E-state index in [4.69, 9.17) is 18.0 Å². The summed E-state index contributed by atoms with van der Waals surface area (Å²) in [5.41, 5.74) is 7.59. The number of thiocarbonyl (C=S) groups is 1. The summed E-state index contributed by atoms with van der Waals surface area (Å²) in [6.07, 6.45) is 0. The summed E-state index contributed by atoms with van der Waals surface area (Å²) in [5, 5.41) is 6.55. The number of hydrogen-bond donors (Lipinski definition) is 3. The minimum Gasteiger partial charge on any atom is -0.376 e. The molecular formula is C11H16N4S. The van der Waals surface area contributed by atoms with Crippen LogP contribution in [-0.4, -0.2) is 31.3 Å². The van der Waals surface area contributed by atoms with Crippen LogP contribution in [0.4, 0.5) is 11.4 Å². The Labute approximate surface area is 101 Å². The molecule has 1 aromatic carbocycles. The van der Waals surface area contributed by atoms with Gasteiger partial charge < -0.3 is 21.3 Å². The number of piperazine rings is 1. The summed E-state index contributed by atoms with van der Waals surface area (Å²) in [7, 11) is 0. The van der Waals surface area contributed by atoms with Gasteiger partial charge in [0.1, 0.15) is 0 Å². The largest absolute Gasteiger partial charge is 0.376 e. The maximum absolute atomic E-state index is 5.41. The van der Waals surface area contributed by atoms with Crippen LogP contribution < -0.4 is 21.3 Å². The number of nitrogens with two attached hydrogens (primary N) is 1. The Balaban J connectivity index is 2.03. The first kappa shape index (κ1) is 11.2. The van der Waals surface area contributed by atoms with E-state index in [1.807, 2.05) is 12.1 Å². The Morgan fingerprint density at radius 1 is 1.25 bits per heavy atom. The van der Waals surface area contributed by atoms with Gasteiger partial charge in [0, 0.05) is 37.6 Å². The molecule has 4 N–H and O–H groups in total. The average molecular weight is 236 g/mol. The normalized spacial score (nSPS) is 15.9.